The van der Waals surface area contributed by atoms with Gasteiger partial charge in [0.1, 0.15) is 0 Å². The minimum Gasteiger partial charge on any atom is -0.381 e. The first kappa shape index (κ1) is 13.0. The van der Waals surface area contributed by atoms with Crippen molar-refractivity contribution in [3.63, 3.8) is 0 Å². The zero-order valence-corrected chi connectivity index (χ0v) is 12.3. The Morgan fingerprint density at radius 3 is 2.28 bits per heavy atom. The Morgan fingerprint density at radius 2 is 1.78 bits per heavy atom. The zero-order valence-electron chi connectivity index (χ0n) is 11.4. The molecule has 0 unspecified atom stereocenters. The lowest BCUT2D eigenvalue weighted by Crippen LogP contribution is -2.08. The normalized spacial score (nSPS) is 10.4. The van der Waals surface area contributed by atoms with Gasteiger partial charge in [-0.05, 0) is 49.7 Å². The minimum atomic E-state index is 0.900. The maximum Gasteiger partial charge on any atom is 0.0411 e. The number of thiophene rings is 1. The molecule has 0 bridgehead atoms. The van der Waals surface area contributed by atoms with E-state index in [0.29, 0.717) is 0 Å². The van der Waals surface area contributed by atoms with E-state index in [2.05, 4.69) is 68.5 Å². The van der Waals surface area contributed by atoms with Crippen LogP contribution in [0, 0.1) is 13.8 Å². The zero-order chi connectivity index (χ0) is 13.1. The number of rotatable bonds is 4. The molecule has 1 aromatic carbocycles. The summed E-state index contributed by atoms with van der Waals surface area (Å²) in [5.74, 6) is 0. The molecule has 0 radical (unpaired) electrons. The molecular formula is C15H20N2S. The number of anilines is 2. The molecule has 2 aromatic rings. The molecule has 0 aliphatic heterocycles. The van der Waals surface area contributed by atoms with Gasteiger partial charge in [0.25, 0.3) is 0 Å². The number of nitrogens with one attached hydrogen (secondary N) is 1. The molecule has 0 saturated carbocycles. The van der Waals surface area contributed by atoms with Crippen LogP contribution in [0.1, 0.15) is 15.3 Å². The third kappa shape index (κ3) is 3.05. The van der Waals surface area contributed by atoms with E-state index in [1.54, 1.807) is 0 Å². The van der Waals surface area contributed by atoms with Crippen molar-refractivity contribution in [1.29, 1.82) is 0 Å². The first-order chi connectivity index (χ1) is 8.56. The molecule has 0 aliphatic carbocycles. The van der Waals surface area contributed by atoms with Crippen molar-refractivity contribution in [3.05, 3.63) is 45.6 Å². The van der Waals surface area contributed by atoms with Crippen LogP contribution in [0.5, 0.6) is 0 Å². The van der Waals surface area contributed by atoms with Crippen LogP contribution in [0.4, 0.5) is 11.4 Å². The van der Waals surface area contributed by atoms with Crippen LogP contribution in [-0.4, -0.2) is 14.1 Å². The largest absolute Gasteiger partial charge is 0.381 e. The maximum atomic E-state index is 3.47. The summed E-state index contributed by atoms with van der Waals surface area (Å²) in [6.07, 6.45) is 0. The molecule has 1 N–H and O–H groups in total. The van der Waals surface area contributed by atoms with Gasteiger partial charge in [-0.25, -0.2) is 0 Å². The highest BCUT2D eigenvalue weighted by Gasteiger charge is 2.02. The summed E-state index contributed by atoms with van der Waals surface area (Å²) >= 11 is 1.86. The van der Waals surface area contributed by atoms with E-state index in [1.807, 2.05) is 11.3 Å². The fraction of sp³-hybridized carbons (Fsp3) is 0.333. The Kier molecular flexibility index (Phi) is 3.92. The summed E-state index contributed by atoms with van der Waals surface area (Å²) in [4.78, 5) is 4.90. The lowest BCUT2D eigenvalue weighted by atomic mass is 10.2. The highest BCUT2D eigenvalue weighted by molar-refractivity contribution is 7.12. The average Bonchev–Trinajstić information content (AvgIpc) is 2.66. The second kappa shape index (κ2) is 5.44. The van der Waals surface area contributed by atoms with E-state index in [1.165, 1.54) is 26.7 Å². The lowest BCUT2D eigenvalue weighted by molar-refractivity contribution is 1.12. The molecule has 0 saturated heterocycles. The highest BCUT2D eigenvalue weighted by Crippen LogP contribution is 2.22. The van der Waals surface area contributed by atoms with E-state index in [9.17, 15) is 0 Å². The van der Waals surface area contributed by atoms with Gasteiger partial charge >= 0.3 is 0 Å². The van der Waals surface area contributed by atoms with Crippen molar-refractivity contribution >= 4 is 22.7 Å². The SMILES string of the molecule is Cc1cc(CNc2ccc(N(C)C)cc2)c(C)s1. The van der Waals surface area contributed by atoms with Crippen LogP contribution in [0.3, 0.4) is 0 Å². The molecule has 0 atom stereocenters. The van der Waals surface area contributed by atoms with Crippen molar-refractivity contribution in [1.82, 2.24) is 0 Å². The monoisotopic (exact) mass is 260 g/mol. The van der Waals surface area contributed by atoms with Crippen molar-refractivity contribution < 1.29 is 0 Å². The fourth-order valence-corrected chi connectivity index (χ4v) is 2.88. The van der Waals surface area contributed by atoms with Crippen molar-refractivity contribution in [2.45, 2.75) is 20.4 Å². The molecule has 96 valence electrons. The predicted molar refractivity (Wildman–Crippen MR) is 81.9 cm³/mol. The number of benzene rings is 1. The summed E-state index contributed by atoms with van der Waals surface area (Å²) in [5.41, 5.74) is 3.79. The van der Waals surface area contributed by atoms with Gasteiger partial charge in [-0.2, -0.15) is 0 Å². The Hall–Kier alpha value is -1.48. The van der Waals surface area contributed by atoms with Gasteiger partial charge in [0.2, 0.25) is 0 Å². The average molecular weight is 260 g/mol. The second-order valence-electron chi connectivity index (χ2n) is 4.73. The minimum absolute atomic E-state index is 0.900. The topological polar surface area (TPSA) is 15.3 Å². The molecule has 0 fully saturated rings. The third-order valence-electron chi connectivity index (χ3n) is 3.01. The van der Waals surface area contributed by atoms with Crippen LogP contribution in [0.2, 0.25) is 0 Å². The molecule has 1 aromatic heterocycles. The van der Waals surface area contributed by atoms with E-state index in [4.69, 9.17) is 0 Å². The van der Waals surface area contributed by atoms with E-state index in [0.717, 1.165) is 6.54 Å². The summed E-state index contributed by atoms with van der Waals surface area (Å²) in [6, 6.07) is 10.8. The fourth-order valence-electron chi connectivity index (χ4n) is 1.93. The Balaban J connectivity index is 2.00. The number of hydrogen-bond donors (Lipinski definition) is 1. The standard InChI is InChI=1S/C15H20N2S/c1-11-9-13(12(2)18-11)10-16-14-5-7-15(8-6-14)17(3)4/h5-9,16H,10H2,1-4H3. The molecule has 2 nitrogen and oxygen atoms in total. The quantitative estimate of drug-likeness (QED) is 0.892. The van der Waals surface area contributed by atoms with E-state index < -0.39 is 0 Å². The first-order valence-corrected chi connectivity index (χ1v) is 6.95. The second-order valence-corrected chi connectivity index (χ2v) is 6.19. The summed E-state index contributed by atoms with van der Waals surface area (Å²) in [6.45, 7) is 5.24. The maximum absolute atomic E-state index is 3.47. The van der Waals surface area contributed by atoms with Crippen molar-refractivity contribution in [2.24, 2.45) is 0 Å². The van der Waals surface area contributed by atoms with Crippen molar-refractivity contribution in [2.75, 3.05) is 24.3 Å². The van der Waals surface area contributed by atoms with Crippen LogP contribution in [0.15, 0.2) is 30.3 Å². The summed E-state index contributed by atoms with van der Waals surface area (Å²) < 4.78 is 0. The van der Waals surface area contributed by atoms with Gasteiger partial charge in [0, 0.05) is 41.8 Å². The molecule has 0 spiro atoms. The number of hydrogen-bond acceptors (Lipinski definition) is 3. The first-order valence-electron chi connectivity index (χ1n) is 6.13. The molecular weight excluding hydrogens is 240 g/mol. The number of aryl methyl sites for hydroxylation is 2. The Bertz CT molecular complexity index is 512. The van der Waals surface area contributed by atoms with Gasteiger partial charge in [-0.15, -0.1) is 11.3 Å². The lowest BCUT2D eigenvalue weighted by Gasteiger charge is -2.13. The highest BCUT2D eigenvalue weighted by atomic mass is 32.1. The predicted octanol–water partition coefficient (Wildman–Crippen LogP) is 4.04. The molecule has 1 heterocycles. The third-order valence-corrected chi connectivity index (χ3v) is 4.02. The molecule has 0 amide bonds. The van der Waals surface area contributed by atoms with Gasteiger partial charge in [-0.3, -0.25) is 0 Å². The van der Waals surface area contributed by atoms with Crippen LogP contribution in [0.25, 0.3) is 0 Å². The van der Waals surface area contributed by atoms with Gasteiger partial charge in [-0.1, -0.05) is 0 Å². The van der Waals surface area contributed by atoms with Gasteiger partial charge in [0.05, 0.1) is 0 Å². The molecule has 3 heteroatoms. The molecule has 0 aliphatic rings. The van der Waals surface area contributed by atoms with Crippen LogP contribution >= 0.6 is 11.3 Å². The Morgan fingerprint density at radius 1 is 1.11 bits per heavy atom. The number of nitrogens with zero attached hydrogens (tertiary/aromatic N) is 1. The summed E-state index contributed by atoms with van der Waals surface area (Å²) in [7, 11) is 4.11. The van der Waals surface area contributed by atoms with Crippen LogP contribution in [-0.2, 0) is 6.54 Å². The van der Waals surface area contributed by atoms with Gasteiger partial charge < -0.3 is 10.2 Å². The van der Waals surface area contributed by atoms with Gasteiger partial charge in [0.15, 0.2) is 0 Å². The summed E-state index contributed by atoms with van der Waals surface area (Å²) in [5, 5.41) is 3.47. The molecule has 18 heavy (non-hydrogen) atoms. The smallest absolute Gasteiger partial charge is 0.0411 e. The molecule has 2 rings (SSSR count). The van der Waals surface area contributed by atoms with Crippen molar-refractivity contribution in [3.8, 4) is 0 Å². The van der Waals surface area contributed by atoms with Crippen LogP contribution < -0.4 is 10.2 Å². The Labute approximate surface area is 113 Å². The van der Waals surface area contributed by atoms with E-state index in [-0.39, 0.29) is 0 Å². The van der Waals surface area contributed by atoms with E-state index >= 15 is 0 Å².